The molecule has 15 heavy (non-hydrogen) atoms. The van der Waals surface area contributed by atoms with E-state index in [4.69, 9.17) is 5.73 Å². The zero-order valence-electron chi connectivity index (χ0n) is 9.27. The molecular formula is C10H16N4O. The minimum Gasteiger partial charge on any atom is -0.336 e. The first-order valence-electron chi connectivity index (χ1n) is 5.02. The lowest BCUT2D eigenvalue weighted by atomic mass is 10.0. The highest BCUT2D eigenvalue weighted by atomic mass is 16.2. The second kappa shape index (κ2) is 3.34. The molecule has 0 radical (unpaired) electrons. The Morgan fingerprint density at radius 1 is 1.53 bits per heavy atom. The van der Waals surface area contributed by atoms with Crippen molar-refractivity contribution in [1.82, 2.24) is 14.7 Å². The Balaban J connectivity index is 2.43. The van der Waals surface area contributed by atoms with Crippen molar-refractivity contribution in [3.05, 3.63) is 17.5 Å². The zero-order valence-corrected chi connectivity index (χ0v) is 9.27. The number of amides is 1. The Morgan fingerprint density at radius 3 is 2.60 bits per heavy atom. The Bertz CT molecular complexity index is 379. The van der Waals surface area contributed by atoms with Gasteiger partial charge >= 0.3 is 0 Å². The van der Waals surface area contributed by atoms with Crippen LogP contribution in [-0.2, 0) is 11.8 Å². The van der Waals surface area contributed by atoms with Crippen LogP contribution in [0.2, 0.25) is 0 Å². The first kappa shape index (κ1) is 10.2. The van der Waals surface area contributed by atoms with Gasteiger partial charge in [-0.2, -0.15) is 5.10 Å². The van der Waals surface area contributed by atoms with Crippen LogP contribution in [0.3, 0.4) is 0 Å². The molecule has 1 fully saturated rings. The molecule has 2 atom stereocenters. The highest BCUT2D eigenvalue weighted by Gasteiger charge is 2.38. The SMILES string of the molecule is Cc1cnn(C)c1[C@@H]1[C@@H](N)CC(=O)N1C. The van der Waals surface area contributed by atoms with Crippen molar-refractivity contribution < 1.29 is 4.79 Å². The van der Waals surface area contributed by atoms with Gasteiger partial charge in [0.1, 0.15) is 0 Å². The average Bonchev–Trinajstić information content (AvgIpc) is 2.59. The number of carbonyl (C=O) groups excluding carboxylic acids is 1. The van der Waals surface area contributed by atoms with E-state index < -0.39 is 0 Å². The Morgan fingerprint density at radius 2 is 2.20 bits per heavy atom. The zero-order chi connectivity index (χ0) is 11.2. The van der Waals surface area contributed by atoms with Gasteiger partial charge in [-0.25, -0.2) is 0 Å². The minimum atomic E-state index is -0.128. The van der Waals surface area contributed by atoms with Gasteiger partial charge in [0.05, 0.1) is 17.9 Å². The summed E-state index contributed by atoms with van der Waals surface area (Å²) in [4.78, 5) is 13.2. The number of likely N-dealkylation sites (tertiary alicyclic amines) is 1. The van der Waals surface area contributed by atoms with Gasteiger partial charge in [0.2, 0.25) is 5.91 Å². The molecule has 0 unspecified atom stereocenters. The van der Waals surface area contributed by atoms with Gasteiger partial charge in [0.25, 0.3) is 0 Å². The molecule has 0 saturated carbocycles. The van der Waals surface area contributed by atoms with Crippen molar-refractivity contribution in [2.24, 2.45) is 12.8 Å². The van der Waals surface area contributed by atoms with Gasteiger partial charge in [-0.05, 0) is 12.5 Å². The lowest BCUT2D eigenvalue weighted by Crippen LogP contribution is -2.32. The first-order valence-corrected chi connectivity index (χ1v) is 5.02. The van der Waals surface area contributed by atoms with Gasteiger partial charge in [0.15, 0.2) is 0 Å². The van der Waals surface area contributed by atoms with Gasteiger partial charge in [-0.3, -0.25) is 9.48 Å². The number of nitrogens with two attached hydrogens (primary N) is 1. The fraction of sp³-hybridized carbons (Fsp3) is 0.600. The van der Waals surface area contributed by atoms with Crippen molar-refractivity contribution in [2.45, 2.75) is 25.4 Å². The van der Waals surface area contributed by atoms with E-state index in [0.717, 1.165) is 11.3 Å². The summed E-state index contributed by atoms with van der Waals surface area (Å²) in [6, 6.07) is -0.165. The van der Waals surface area contributed by atoms with Crippen LogP contribution >= 0.6 is 0 Å². The van der Waals surface area contributed by atoms with E-state index in [0.29, 0.717) is 6.42 Å². The predicted molar refractivity (Wildman–Crippen MR) is 56.0 cm³/mol. The quantitative estimate of drug-likeness (QED) is 0.704. The molecule has 0 aromatic carbocycles. The molecule has 2 heterocycles. The third-order valence-corrected chi connectivity index (χ3v) is 3.08. The van der Waals surface area contributed by atoms with E-state index >= 15 is 0 Å². The number of hydrogen-bond donors (Lipinski definition) is 1. The van der Waals surface area contributed by atoms with E-state index in [1.165, 1.54) is 0 Å². The van der Waals surface area contributed by atoms with Crippen LogP contribution in [-0.4, -0.2) is 33.7 Å². The lowest BCUT2D eigenvalue weighted by Gasteiger charge is -2.23. The topological polar surface area (TPSA) is 64.2 Å². The number of rotatable bonds is 1. The molecule has 1 aromatic rings. The smallest absolute Gasteiger partial charge is 0.224 e. The van der Waals surface area contributed by atoms with Crippen molar-refractivity contribution >= 4 is 5.91 Å². The predicted octanol–water partition coefficient (Wildman–Crippen LogP) is -0.0410. The summed E-state index contributed by atoms with van der Waals surface area (Å²) in [6.07, 6.45) is 2.23. The van der Waals surface area contributed by atoms with Crippen molar-refractivity contribution in [3.8, 4) is 0 Å². The number of hydrogen-bond acceptors (Lipinski definition) is 3. The van der Waals surface area contributed by atoms with Crippen LogP contribution < -0.4 is 5.73 Å². The fourth-order valence-corrected chi connectivity index (χ4v) is 2.27. The van der Waals surface area contributed by atoms with Crippen LogP contribution in [0.15, 0.2) is 6.20 Å². The summed E-state index contributed by atoms with van der Waals surface area (Å²) < 4.78 is 1.80. The van der Waals surface area contributed by atoms with Gasteiger partial charge in [0, 0.05) is 26.6 Å². The third-order valence-electron chi connectivity index (χ3n) is 3.08. The average molecular weight is 208 g/mol. The molecule has 0 bridgehead atoms. The maximum atomic E-state index is 11.5. The minimum absolute atomic E-state index is 0.0370. The van der Waals surface area contributed by atoms with Crippen LogP contribution in [0.1, 0.15) is 23.7 Å². The molecule has 0 spiro atoms. The number of nitrogens with zero attached hydrogens (tertiary/aromatic N) is 3. The standard InChI is InChI=1S/C10H16N4O/c1-6-5-12-14(3)9(6)10-7(11)4-8(15)13(10)2/h5,7,10H,4,11H2,1-3H3/t7-,10-/m0/s1. The monoisotopic (exact) mass is 208 g/mol. The van der Waals surface area contributed by atoms with E-state index in [2.05, 4.69) is 5.10 Å². The number of likely N-dealkylation sites (N-methyl/N-ethyl adjacent to an activating group) is 1. The highest BCUT2D eigenvalue weighted by molar-refractivity contribution is 5.80. The Hall–Kier alpha value is -1.36. The summed E-state index contributed by atoms with van der Waals surface area (Å²) >= 11 is 0. The van der Waals surface area contributed by atoms with Crippen LogP contribution in [0.25, 0.3) is 0 Å². The normalized spacial score (nSPS) is 26.4. The van der Waals surface area contributed by atoms with Gasteiger partial charge in [-0.1, -0.05) is 0 Å². The fourth-order valence-electron chi connectivity index (χ4n) is 2.27. The van der Waals surface area contributed by atoms with Crippen molar-refractivity contribution in [1.29, 1.82) is 0 Å². The summed E-state index contributed by atoms with van der Waals surface area (Å²) in [7, 11) is 3.68. The van der Waals surface area contributed by atoms with Crippen LogP contribution in [0.4, 0.5) is 0 Å². The second-order valence-corrected chi connectivity index (χ2v) is 4.15. The molecule has 2 N–H and O–H groups in total. The van der Waals surface area contributed by atoms with Crippen LogP contribution in [0, 0.1) is 6.92 Å². The number of aromatic nitrogens is 2. The molecule has 1 saturated heterocycles. The maximum Gasteiger partial charge on any atom is 0.224 e. The second-order valence-electron chi connectivity index (χ2n) is 4.15. The largest absolute Gasteiger partial charge is 0.336 e. The molecule has 1 aromatic heterocycles. The Labute approximate surface area is 88.8 Å². The molecule has 82 valence electrons. The summed E-state index contributed by atoms with van der Waals surface area (Å²) in [5.74, 6) is 0.105. The molecule has 1 aliphatic rings. The molecular weight excluding hydrogens is 192 g/mol. The van der Waals surface area contributed by atoms with Gasteiger partial charge < -0.3 is 10.6 Å². The molecule has 5 heteroatoms. The van der Waals surface area contributed by atoms with Crippen molar-refractivity contribution in [2.75, 3.05) is 7.05 Å². The number of aryl methyl sites for hydroxylation is 2. The highest BCUT2D eigenvalue weighted by Crippen LogP contribution is 2.31. The third kappa shape index (κ3) is 1.43. The van der Waals surface area contributed by atoms with Crippen LogP contribution in [0.5, 0.6) is 0 Å². The van der Waals surface area contributed by atoms with E-state index in [1.807, 2.05) is 14.0 Å². The molecule has 1 aliphatic heterocycles. The first-order chi connectivity index (χ1) is 7.02. The van der Waals surface area contributed by atoms with E-state index in [1.54, 1.807) is 22.8 Å². The molecule has 2 rings (SSSR count). The summed E-state index contributed by atoms with van der Waals surface area (Å²) in [5, 5.41) is 4.18. The van der Waals surface area contributed by atoms with Crippen molar-refractivity contribution in [3.63, 3.8) is 0 Å². The summed E-state index contributed by atoms with van der Waals surface area (Å²) in [5.41, 5.74) is 8.11. The Kier molecular flexibility index (Phi) is 2.26. The summed E-state index contributed by atoms with van der Waals surface area (Å²) in [6.45, 7) is 1.99. The molecule has 5 nitrogen and oxygen atoms in total. The molecule has 0 aliphatic carbocycles. The lowest BCUT2D eigenvalue weighted by molar-refractivity contribution is -0.127. The maximum absolute atomic E-state index is 11.5. The van der Waals surface area contributed by atoms with Gasteiger partial charge in [-0.15, -0.1) is 0 Å². The number of carbonyl (C=O) groups is 1. The van der Waals surface area contributed by atoms with E-state index in [9.17, 15) is 4.79 Å². The molecule has 1 amide bonds. The van der Waals surface area contributed by atoms with E-state index in [-0.39, 0.29) is 18.0 Å².